The molecule has 0 aromatic rings. The van der Waals surface area contributed by atoms with E-state index in [0.717, 1.165) is 45.4 Å². The SMILES string of the molecule is CC1(NC2CCCNC(=O)C2)CCOCC1. The van der Waals surface area contributed by atoms with Crippen molar-refractivity contribution in [3.63, 3.8) is 0 Å². The molecule has 0 saturated carbocycles. The Bertz CT molecular complexity index is 249. The molecule has 4 heteroatoms. The summed E-state index contributed by atoms with van der Waals surface area (Å²) in [6, 6.07) is 0.339. The lowest BCUT2D eigenvalue weighted by Crippen LogP contribution is -2.51. The number of carbonyl (C=O) groups is 1. The summed E-state index contributed by atoms with van der Waals surface area (Å²) in [5, 5.41) is 6.58. The van der Waals surface area contributed by atoms with E-state index in [1.54, 1.807) is 0 Å². The van der Waals surface area contributed by atoms with Crippen molar-refractivity contribution >= 4 is 5.91 Å². The Morgan fingerprint density at radius 1 is 1.44 bits per heavy atom. The summed E-state index contributed by atoms with van der Waals surface area (Å²) in [6.07, 6.45) is 4.89. The first kappa shape index (κ1) is 11.9. The Hall–Kier alpha value is -0.610. The summed E-state index contributed by atoms with van der Waals surface area (Å²) in [6.45, 7) is 4.75. The third-order valence-corrected chi connectivity index (χ3v) is 3.63. The van der Waals surface area contributed by atoms with Gasteiger partial charge in [-0.3, -0.25) is 4.79 Å². The van der Waals surface area contributed by atoms with Gasteiger partial charge in [0.2, 0.25) is 5.91 Å². The summed E-state index contributed by atoms with van der Waals surface area (Å²) >= 11 is 0. The van der Waals surface area contributed by atoms with E-state index in [9.17, 15) is 4.79 Å². The van der Waals surface area contributed by atoms with Crippen LogP contribution in [-0.4, -0.2) is 37.2 Å². The first-order valence-corrected chi connectivity index (χ1v) is 6.30. The van der Waals surface area contributed by atoms with Crippen LogP contribution in [0.25, 0.3) is 0 Å². The molecule has 0 aromatic carbocycles. The Kier molecular flexibility index (Phi) is 3.82. The molecule has 0 aromatic heterocycles. The van der Waals surface area contributed by atoms with Gasteiger partial charge in [0, 0.05) is 37.8 Å². The lowest BCUT2D eigenvalue weighted by Gasteiger charge is -2.37. The van der Waals surface area contributed by atoms with Crippen LogP contribution in [0, 0.1) is 0 Å². The number of hydrogen-bond donors (Lipinski definition) is 2. The van der Waals surface area contributed by atoms with Gasteiger partial charge < -0.3 is 15.4 Å². The fourth-order valence-corrected chi connectivity index (χ4v) is 2.56. The molecule has 2 rings (SSSR count). The van der Waals surface area contributed by atoms with Crippen LogP contribution in [0.15, 0.2) is 0 Å². The average molecular weight is 226 g/mol. The Labute approximate surface area is 97.1 Å². The summed E-state index contributed by atoms with van der Waals surface area (Å²) in [5.41, 5.74) is 0.160. The highest BCUT2D eigenvalue weighted by Crippen LogP contribution is 2.22. The second-order valence-electron chi connectivity index (χ2n) is 5.21. The Morgan fingerprint density at radius 3 is 2.94 bits per heavy atom. The van der Waals surface area contributed by atoms with Crippen LogP contribution in [-0.2, 0) is 9.53 Å². The second-order valence-corrected chi connectivity index (χ2v) is 5.21. The standard InChI is InChI=1S/C12H22N2O2/c1-12(4-7-16-8-5-12)14-10-3-2-6-13-11(15)9-10/h10,14H,2-9H2,1H3,(H,13,15). The number of rotatable bonds is 2. The molecule has 4 nitrogen and oxygen atoms in total. The van der Waals surface area contributed by atoms with Gasteiger partial charge in [-0.15, -0.1) is 0 Å². The van der Waals surface area contributed by atoms with Crippen LogP contribution in [0.3, 0.4) is 0 Å². The molecule has 2 N–H and O–H groups in total. The zero-order chi connectivity index (χ0) is 11.4. The van der Waals surface area contributed by atoms with Crippen molar-refractivity contribution in [3.05, 3.63) is 0 Å². The van der Waals surface area contributed by atoms with Crippen molar-refractivity contribution in [1.29, 1.82) is 0 Å². The first-order valence-electron chi connectivity index (χ1n) is 6.30. The minimum atomic E-state index is 0.160. The van der Waals surface area contributed by atoms with Gasteiger partial charge in [0.25, 0.3) is 0 Å². The quantitative estimate of drug-likeness (QED) is 0.732. The van der Waals surface area contributed by atoms with E-state index in [-0.39, 0.29) is 11.4 Å². The van der Waals surface area contributed by atoms with Gasteiger partial charge >= 0.3 is 0 Å². The van der Waals surface area contributed by atoms with Crippen molar-refractivity contribution in [3.8, 4) is 0 Å². The van der Waals surface area contributed by atoms with Crippen molar-refractivity contribution in [2.75, 3.05) is 19.8 Å². The fraction of sp³-hybridized carbons (Fsp3) is 0.917. The normalized spacial score (nSPS) is 30.6. The van der Waals surface area contributed by atoms with Crippen LogP contribution in [0.2, 0.25) is 0 Å². The van der Waals surface area contributed by atoms with Gasteiger partial charge in [-0.2, -0.15) is 0 Å². The molecule has 2 fully saturated rings. The molecule has 0 radical (unpaired) electrons. The van der Waals surface area contributed by atoms with Crippen LogP contribution in [0.1, 0.15) is 39.0 Å². The van der Waals surface area contributed by atoms with Crippen LogP contribution < -0.4 is 10.6 Å². The van der Waals surface area contributed by atoms with Crippen LogP contribution >= 0.6 is 0 Å². The fourth-order valence-electron chi connectivity index (χ4n) is 2.56. The number of ether oxygens (including phenoxy) is 1. The maximum absolute atomic E-state index is 11.5. The molecule has 0 bridgehead atoms. The molecule has 1 unspecified atom stereocenters. The van der Waals surface area contributed by atoms with E-state index in [1.807, 2.05) is 0 Å². The third-order valence-electron chi connectivity index (χ3n) is 3.63. The molecule has 2 heterocycles. The van der Waals surface area contributed by atoms with Crippen molar-refractivity contribution in [2.45, 2.75) is 50.6 Å². The molecule has 2 aliphatic heterocycles. The molecular formula is C12H22N2O2. The van der Waals surface area contributed by atoms with E-state index < -0.39 is 0 Å². The highest BCUT2D eigenvalue weighted by Gasteiger charge is 2.30. The molecule has 2 aliphatic rings. The lowest BCUT2D eigenvalue weighted by atomic mass is 9.90. The van der Waals surface area contributed by atoms with Gasteiger partial charge in [-0.25, -0.2) is 0 Å². The second kappa shape index (κ2) is 5.15. The van der Waals surface area contributed by atoms with E-state index in [1.165, 1.54) is 0 Å². The summed E-state index contributed by atoms with van der Waals surface area (Å²) in [5.74, 6) is 0.186. The minimum absolute atomic E-state index is 0.160. The zero-order valence-electron chi connectivity index (χ0n) is 10.1. The molecule has 92 valence electrons. The molecule has 0 spiro atoms. The number of amides is 1. The Balaban J connectivity index is 1.88. The lowest BCUT2D eigenvalue weighted by molar-refractivity contribution is -0.121. The summed E-state index contributed by atoms with van der Waals surface area (Å²) < 4.78 is 5.38. The smallest absolute Gasteiger partial charge is 0.221 e. The van der Waals surface area contributed by atoms with Crippen molar-refractivity contribution in [2.24, 2.45) is 0 Å². The maximum atomic E-state index is 11.5. The van der Waals surface area contributed by atoms with Gasteiger partial charge in [-0.1, -0.05) is 0 Å². The molecule has 1 atom stereocenters. The summed E-state index contributed by atoms with van der Waals surface area (Å²) in [7, 11) is 0. The largest absolute Gasteiger partial charge is 0.381 e. The third kappa shape index (κ3) is 3.19. The number of nitrogens with one attached hydrogen (secondary N) is 2. The van der Waals surface area contributed by atoms with Crippen molar-refractivity contribution in [1.82, 2.24) is 10.6 Å². The Morgan fingerprint density at radius 2 is 2.19 bits per heavy atom. The summed E-state index contributed by atoms with van der Waals surface area (Å²) in [4.78, 5) is 11.5. The highest BCUT2D eigenvalue weighted by molar-refractivity contribution is 5.76. The molecule has 2 saturated heterocycles. The average Bonchev–Trinajstić information content (AvgIpc) is 2.43. The van der Waals surface area contributed by atoms with E-state index in [4.69, 9.17) is 4.74 Å². The van der Waals surface area contributed by atoms with E-state index in [0.29, 0.717) is 12.5 Å². The van der Waals surface area contributed by atoms with Gasteiger partial charge in [0.05, 0.1) is 0 Å². The minimum Gasteiger partial charge on any atom is -0.381 e. The predicted octanol–water partition coefficient (Wildman–Crippen LogP) is 0.814. The monoisotopic (exact) mass is 226 g/mol. The maximum Gasteiger partial charge on any atom is 0.221 e. The van der Waals surface area contributed by atoms with Gasteiger partial charge in [0.15, 0.2) is 0 Å². The first-order chi connectivity index (χ1) is 7.68. The number of hydrogen-bond acceptors (Lipinski definition) is 3. The van der Waals surface area contributed by atoms with Crippen LogP contribution in [0.5, 0.6) is 0 Å². The van der Waals surface area contributed by atoms with Crippen molar-refractivity contribution < 1.29 is 9.53 Å². The molecular weight excluding hydrogens is 204 g/mol. The van der Waals surface area contributed by atoms with E-state index in [2.05, 4.69) is 17.6 Å². The molecule has 1 amide bonds. The van der Waals surface area contributed by atoms with E-state index >= 15 is 0 Å². The number of carbonyl (C=O) groups excluding carboxylic acids is 1. The van der Waals surface area contributed by atoms with Gasteiger partial charge in [0.1, 0.15) is 0 Å². The zero-order valence-corrected chi connectivity index (χ0v) is 10.1. The molecule has 16 heavy (non-hydrogen) atoms. The van der Waals surface area contributed by atoms with Gasteiger partial charge in [-0.05, 0) is 32.6 Å². The van der Waals surface area contributed by atoms with Crippen LogP contribution in [0.4, 0.5) is 0 Å². The molecule has 0 aliphatic carbocycles. The predicted molar refractivity (Wildman–Crippen MR) is 62.2 cm³/mol. The highest BCUT2D eigenvalue weighted by atomic mass is 16.5. The topological polar surface area (TPSA) is 50.4 Å².